The van der Waals surface area contributed by atoms with Gasteiger partial charge in [0, 0.05) is 22.2 Å². The molecule has 0 heterocycles. The smallest absolute Gasteiger partial charge is 0.255 e. The van der Waals surface area contributed by atoms with Crippen LogP contribution >= 0.6 is 34.2 Å². The predicted octanol–water partition coefficient (Wildman–Crippen LogP) is 4.53. The van der Waals surface area contributed by atoms with E-state index >= 15 is 0 Å². The number of halogens is 2. The maximum atomic E-state index is 12.5. The summed E-state index contributed by atoms with van der Waals surface area (Å²) in [5.41, 5.74) is 2.98. The standard InChI is InChI=1S/C16H15ClINO/c1-11-3-5-12(6-4-11)10-19(2)16(20)14-9-13(17)7-8-15(14)18/h3-9H,10H2,1-2H3. The zero-order chi connectivity index (χ0) is 14.7. The van der Waals surface area contributed by atoms with Crippen LogP contribution in [0.2, 0.25) is 5.02 Å². The van der Waals surface area contributed by atoms with E-state index in [1.54, 1.807) is 24.1 Å². The third kappa shape index (κ3) is 3.73. The molecule has 0 N–H and O–H groups in total. The minimum Gasteiger partial charge on any atom is -0.337 e. The second-order valence-corrected chi connectivity index (χ2v) is 6.37. The van der Waals surface area contributed by atoms with Gasteiger partial charge >= 0.3 is 0 Å². The molecule has 0 aliphatic rings. The molecule has 4 heteroatoms. The van der Waals surface area contributed by atoms with E-state index in [-0.39, 0.29) is 5.91 Å². The van der Waals surface area contributed by atoms with Gasteiger partial charge in [0.25, 0.3) is 5.91 Å². The molecule has 0 unspecified atom stereocenters. The van der Waals surface area contributed by atoms with E-state index in [4.69, 9.17) is 11.6 Å². The molecule has 2 nitrogen and oxygen atoms in total. The number of benzene rings is 2. The number of amides is 1. The van der Waals surface area contributed by atoms with Crippen molar-refractivity contribution in [2.75, 3.05) is 7.05 Å². The molecule has 20 heavy (non-hydrogen) atoms. The Morgan fingerprint density at radius 1 is 1.20 bits per heavy atom. The molecule has 0 aliphatic carbocycles. The van der Waals surface area contributed by atoms with Crippen LogP contribution in [0.15, 0.2) is 42.5 Å². The van der Waals surface area contributed by atoms with E-state index in [2.05, 4.69) is 34.7 Å². The van der Waals surface area contributed by atoms with Gasteiger partial charge in [0.05, 0.1) is 5.56 Å². The van der Waals surface area contributed by atoms with Crippen molar-refractivity contribution in [1.29, 1.82) is 0 Å². The fourth-order valence-electron chi connectivity index (χ4n) is 1.91. The number of nitrogens with zero attached hydrogens (tertiary/aromatic N) is 1. The van der Waals surface area contributed by atoms with Crippen molar-refractivity contribution in [3.63, 3.8) is 0 Å². The lowest BCUT2D eigenvalue weighted by Gasteiger charge is -2.18. The molecule has 0 aliphatic heterocycles. The third-order valence-electron chi connectivity index (χ3n) is 3.05. The Balaban J connectivity index is 2.16. The number of hydrogen-bond acceptors (Lipinski definition) is 1. The van der Waals surface area contributed by atoms with Gasteiger partial charge in [-0.2, -0.15) is 0 Å². The third-order valence-corrected chi connectivity index (χ3v) is 4.22. The first kappa shape index (κ1) is 15.3. The number of rotatable bonds is 3. The molecule has 1 amide bonds. The van der Waals surface area contributed by atoms with Gasteiger partial charge in [-0.3, -0.25) is 4.79 Å². The Hall–Kier alpha value is -1.07. The van der Waals surface area contributed by atoms with Gasteiger partial charge in [-0.1, -0.05) is 41.4 Å². The first-order chi connectivity index (χ1) is 9.47. The second kappa shape index (κ2) is 6.59. The summed E-state index contributed by atoms with van der Waals surface area (Å²) >= 11 is 8.12. The molecule has 0 radical (unpaired) electrons. The lowest BCUT2D eigenvalue weighted by atomic mass is 10.1. The summed E-state index contributed by atoms with van der Waals surface area (Å²) in [6.07, 6.45) is 0. The molecule has 0 atom stereocenters. The van der Waals surface area contributed by atoms with Crippen LogP contribution in [0.3, 0.4) is 0 Å². The summed E-state index contributed by atoms with van der Waals surface area (Å²) in [7, 11) is 1.80. The van der Waals surface area contributed by atoms with Gasteiger partial charge < -0.3 is 4.90 Å². The molecule has 2 aromatic carbocycles. The van der Waals surface area contributed by atoms with Crippen molar-refractivity contribution in [1.82, 2.24) is 4.90 Å². The van der Waals surface area contributed by atoms with E-state index in [9.17, 15) is 4.79 Å². The van der Waals surface area contributed by atoms with E-state index in [0.717, 1.165) is 9.13 Å². The number of aryl methyl sites for hydroxylation is 1. The van der Waals surface area contributed by atoms with Crippen LogP contribution in [0.25, 0.3) is 0 Å². The minimum atomic E-state index is -0.0162. The molecule has 0 aromatic heterocycles. The van der Waals surface area contributed by atoms with Crippen molar-refractivity contribution in [2.45, 2.75) is 13.5 Å². The van der Waals surface area contributed by atoms with Crippen molar-refractivity contribution in [3.05, 3.63) is 67.7 Å². The molecule has 104 valence electrons. The van der Waals surface area contributed by atoms with Crippen LogP contribution in [-0.4, -0.2) is 17.9 Å². The molecule has 2 aromatic rings. The maximum absolute atomic E-state index is 12.5. The van der Waals surface area contributed by atoms with Crippen molar-refractivity contribution < 1.29 is 4.79 Å². The lowest BCUT2D eigenvalue weighted by Crippen LogP contribution is -2.26. The van der Waals surface area contributed by atoms with Crippen molar-refractivity contribution in [3.8, 4) is 0 Å². The normalized spacial score (nSPS) is 10.4. The highest BCUT2D eigenvalue weighted by Gasteiger charge is 2.15. The summed E-state index contributed by atoms with van der Waals surface area (Å²) in [5, 5.41) is 0.581. The molecule has 0 saturated heterocycles. The first-order valence-electron chi connectivity index (χ1n) is 6.23. The monoisotopic (exact) mass is 399 g/mol. The summed E-state index contributed by atoms with van der Waals surface area (Å²) in [6.45, 7) is 2.63. The van der Waals surface area contributed by atoms with Gasteiger partial charge in [-0.15, -0.1) is 0 Å². The minimum absolute atomic E-state index is 0.0162. The zero-order valence-corrected chi connectivity index (χ0v) is 14.3. The summed E-state index contributed by atoms with van der Waals surface area (Å²) in [5.74, 6) is -0.0162. The highest BCUT2D eigenvalue weighted by atomic mass is 127. The Labute approximate surface area is 137 Å². The molecular weight excluding hydrogens is 385 g/mol. The average Bonchev–Trinajstić information content (AvgIpc) is 2.43. The van der Waals surface area contributed by atoms with E-state index in [1.165, 1.54) is 5.56 Å². The molecule has 0 saturated carbocycles. The Morgan fingerprint density at radius 2 is 1.85 bits per heavy atom. The Kier molecular flexibility index (Phi) is 5.05. The van der Waals surface area contributed by atoms with Gasteiger partial charge in [-0.25, -0.2) is 0 Å². The average molecular weight is 400 g/mol. The number of hydrogen-bond donors (Lipinski definition) is 0. The quantitative estimate of drug-likeness (QED) is 0.695. The molecular formula is C16H15ClINO. The van der Waals surface area contributed by atoms with Gasteiger partial charge in [0.15, 0.2) is 0 Å². The topological polar surface area (TPSA) is 20.3 Å². The highest BCUT2D eigenvalue weighted by Crippen LogP contribution is 2.20. The second-order valence-electron chi connectivity index (χ2n) is 4.77. The first-order valence-corrected chi connectivity index (χ1v) is 7.69. The highest BCUT2D eigenvalue weighted by molar-refractivity contribution is 14.1. The molecule has 0 spiro atoms. The Morgan fingerprint density at radius 3 is 2.50 bits per heavy atom. The van der Waals surface area contributed by atoms with Gasteiger partial charge in [0.1, 0.15) is 0 Å². The van der Waals surface area contributed by atoms with Crippen molar-refractivity contribution >= 4 is 40.1 Å². The van der Waals surface area contributed by atoms with E-state index in [0.29, 0.717) is 17.1 Å². The largest absolute Gasteiger partial charge is 0.337 e. The van der Waals surface area contributed by atoms with E-state index in [1.807, 2.05) is 25.1 Å². The number of carbonyl (C=O) groups is 1. The van der Waals surface area contributed by atoms with Crippen LogP contribution in [0.4, 0.5) is 0 Å². The molecule has 0 bridgehead atoms. The van der Waals surface area contributed by atoms with Crippen LogP contribution in [0.5, 0.6) is 0 Å². The maximum Gasteiger partial charge on any atom is 0.255 e. The SMILES string of the molecule is Cc1ccc(CN(C)C(=O)c2cc(Cl)ccc2I)cc1. The van der Waals surface area contributed by atoms with Crippen LogP contribution in [0.1, 0.15) is 21.5 Å². The lowest BCUT2D eigenvalue weighted by molar-refractivity contribution is 0.0784. The fraction of sp³-hybridized carbons (Fsp3) is 0.188. The molecule has 0 fully saturated rings. The number of carbonyl (C=O) groups excluding carboxylic acids is 1. The van der Waals surface area contributed by atoms with Gasteiger partial charge in [-0.05, 0) is 53.3 Å². The summed E-state index contributed by atoms with van der Waals surface area (Å²) in [4.78, 5) is 14.2. The van der Waals surface area contributed by atoms with Crippen LogP contribution in [-0.2, 0) is 6.54 Å². The van der Waals surface area contributed by atoms with Crippen LogP contribution < -0.4 is 0 Å². The van der Waals surface area contributed by atoms with Crippen molar-refractivity contribution in [2.24, 2.45) is 0 Å². The Bertz CT molecular complexity index is 625. The summed E-state index contributed by atoms with van der Waals surface area (Å²) in [6, 6.07) is 13.6. The van der Waals surface area contributed by atoms with E-state index < -0.39 is 0 Å². The predicted molar refractivity (Wildman–Crippen MR) is 91.1 cm³/mol. The van der Waals surface area contributed by atoms with Crippen LogP contribution in [0, 0.1) is 10.5 Å². The zero-order valence-electron chi connectivity index (χ0n) is 11.4. The molecule has 2 rings (SSSR count). The van der Waals surface area contributed by atoms with Gasteiger partial charge in [0.2, 0.25) is 0 Å². The summed E-state index contributed by atoms with van der Waals surface area (Å²) < 4.78 is 0.910. The fourth-order valence-corrected chi connectivity index (χ4v) is 2.64.